The second-order valence-electron chi connectivity index (χ2n) is 7.84. The normalized spacial score (nSPS) is 14.2. The van der Waals surface area contributed by atoms with Gasteiger partial charge >= 0.3 is 0 Å². The van der Waals surface area contributed by atoms with E-state index in [9.17, 15) is 9.18 Å². The summed E-state index contributed by atoms with van der Waals surface area (Å²) >= 11 is 1.57. The van der Waals surface area contributed by atoms with E-state index in [1.807, 2.05) is 57.3 Å². The second kappa shape index (κ2) is 8.67. The van der Waals surface area contributed by atoms with E-state index in [4.69, 9.17) is 4.74 Å². The lowest BCUT2D eigenvalue weighted by Crippen LogP contribution is -2.49. The smallest absolute Gasteiger partial charge is 0.270 e. The highest BCUT2D eigenvalue weighted by atomic mass is 32.1. The lowest BCUT2D eigenvalue weighted by Gasteiger charge is -2.36. The molecule has 0 aliphatic carbocycles. The first-order chi connectivity index (χ1) is 15.7. The number of amides is 1. The van der Waals surface area contributed by atoms with Crippen LogP contribution in [0, 0.1) is 5.82 Å². The molecule has 0 N–H and O–H groups in total. The molecule has 5 rings (SSSR count). The Hall–Kier alpha value is -3.32. The van der Waals surface area contributed by atoms with Gasteiger partial charge in [0.05, 0.1) is 19.3 Å². The van der Waals surface area contributed by atoms with Crippen LogP contribution in [0.2, 0.25) is 0 Å². The number of piperazine rings is 1. The van der Waals surface area contributed by atoms with Gasteiger partial charge in [-0.25, -0.2) is 4.39 Å². The summed E-state index contributed by atoms with van der Waals surface area (Å²) in [6.07, 6.45) is 0. The third kappa shape index (κ3) is 3.73. The summed E-state index contributed by atoms with van der Waals surface area (Å²) in [6.45, 7) is 3.03. The highest BCUT2D eigenvalue weighted by Gasteiger charge is 2.27. The maximum atomic E-state index is 14.3. The molecular weight excluding hydrogens is 425 g/mol. The number of carbonyl (C=O) groups excluding carboxylic acids is 1. The van der Waals surface area contributed by atoms with Crippen LogP contribution in [0.1, 0.15) is 16.1 Å². The molecule has 0 atom stereocenters. The van der Waals surface area contributed by atoms with Gasteiger partial charge in [-0.3, -0.25) is 4.79 Å². The van der Waals surface area contributed by atoms with Crippen molar-refractivity contribution in [3.63, 3.8) is 0 Å². The van der Waals surface area contributed by atoms with Gasteiger partial charge < -0.3 is 19.1 Å². The number of aromatic nitrogens is 1. The van der Waals surface area contributed by atoms with E-state index in [2.05, 4.69) is 4.90 Å². The van der Waals surface area contributed by atoms with Crippen LogP contribution in [0.3, 0.4) is 0 Å². The van der Waals surface area contributed by atoms with Gasteiger partial charge in [0, 0.05) is 37.1 Å². The number of ether oxygens (including phenoxy) is 1. The minimum absolute atomic E-state index is 0.00980. The molecule has 2 aromatic carbocycles. The van der Waals surface area contributed by atoms with E-state index in [0.717, 1.165) is 34.7 Å². The SMILES string of the molecule is COc1ccccc1N1CCN(C(=O)c2cc3ccsc3n2Cc2ccccc2F)CC1. The Bertz CT molecular complexity index is 1260. The number of halogens is 1. The molecule has 164 valence electrons. The molecule has 1 amide bonds. The molecule has 1 aliphatic rings. The highest BCUT2D eigenvalue weighted by Crippen LogP contribution is 2.30. The minimum Gasteiger partial charge on any atom is -0.495 e. The Morgan fingerprint density at radius 1 is 1.03 bits per heavy atom. The predicted molar refractivity (Wildman–Crippen MR) is 126 cm³/mol. The molecule has 0 spiro atoms. The summed E-state index contributed by atoms with van der Waals surface area (Å²) in [5.74, 6) is 0.574. The van der Waals surface area contributed by atoms with Crippen LogP contribution in [0.25, 0.3) is 10.2 Å². The lowest BCUT2D eigenvalue weighted by molar-refractivity contribution is 0.0737. The van der Waals surface area contributed by atoms with Crippen molar-refractivity contribution in [1.29, 1.82) is 0 Å². The lowest BCUT2D eigenvalue weighted by atomic mass is 10.2. The van der Waals surface area contributed by atoms with E-state index in [-0.39, 0.29) is 11.7 Å². The zero-order valence-corrected chi connectivity index (χ0v) is 18.6. The van der Waals surface area contributed by atoms with Crippen molar-refractivity contribution in [1.82, 2.24) is 9.47 Å². The quantitative estimate of drug-likeness (QED) is 0.437. The zero-order chi connectivity index (χ0) is 22.1. The maximum absolute atomic E-state index is 14.3. The van der Waals surface area contributed by atoms with Gasteiger partial charge in [0.15, 0.2) is 0 Å². The zero-order valence-electron chi connectivity index (χ0n) is 17.8. The Balaban J connectivity index is 1.38. The molecule has 5 nitrogen and oxygen atoms in total. The largest absolute Gasteiger partial charge is 0.495 e. The fourth-order valence-corrected chi connectivity index (χ4v) is 5.21. The van der Waals surface area contributed by atoms with Crippen LogP contribution in [0.4, 0.5) is 10.1 Å². The Morgan fingerprint density at radius 3 is 2.56 bits per heavy atom. The van der Waals surface area contributed by atoms with Crippen molar-refractivity contribution in [2.24, 2.45) is 0 Å². The average Bonchev–Trinajstić information content (AvgIpc) is 3.42. The molecular formula is C25H24FN3O2S. The molecule has 4 aromatic rings. The molecule has 3 heterocycles. The molecule has 1 fully saturated rings. The molecule has 0 bridgehead atoms. The number of para-hydroxylation sites is 2. The molecule has 32 heavy (non-hydrogen) atoms. The summed E-state index contributed by atoms with van der Waals surface area (Å²) in [5, 5.41) is 3.02. The van der Waals surface area contributed by atoms with Crippen molar-refractivity contribution in [3.05, 3.63) is 83.1 Å². The van der Waals surface area contributed by atoms with Gasteiger partial charge in [-0.1, -0.05) is 30.3 Å². The summed E-state index contributed by atoms with van der Waals surface area (Å²) in [6, 6.07) is 18.6. The van der Waals surface area contributed by atoms with Crippen molar-refractivity contribution in [2.45, 2.75) is 6.54 Å². The Kier molecular flexibility index (Phi) is 5.57. The van der Waals surface area contributed by atoms with E-state index in [1.165, 1.54) is 6.07 Å². The number of anilines is 1. The van der Waals surface area contributed by atoms with Crippen LogP contribution < -0.4 is 9.64 Å². The van der Waals surface area contributed by atoms with Crippen molar-refractivity contribution >= 4 is 33.1 Å². The second-order valence-corrected chi connectivity index (χ2v) is 8.73. The van der Waals surface area contributed by atoms with E-state index in [1.54, 1.807) is 30.6 Å². The van der Waals surface area contributed by atoms with E-state index >= 15 is 0 Å². The summed E-state index contributed by atoms with van der Waals surface area (Å²) in [5.41, 5.74) is 2.24. The molecule has 1 aliphatic heterocycles. The number of benzene rings is 2. The standard InChI is InChI=1S/C25H24FN3O2S/c1-31-23-9-5-4-8-21(23)27-11-13-28(14-12-27)24(30)22-16-18-10-15-32-25(18)29(22)17-19-6-2-3-7-20(19)26/h2-10,15-16H,11-14,17H2,1H3. The van der Waals surface area contributed by atoms with Crippen molar-refractivity contribution in [2.75, 3.05) is 38.2 Å². The van der Waals surface area contributed by atoms with Crippen molar-refractivity contribution < 1.29 is 13.9 Å². The summed E-state index contributed by atoms with van der Waals surface area (Å²) in [7, 11) is 1.67. The molecule has 2 aromatic heterocycles. The number of nitrogens with zero attached hydrogens (tertiary/aromatic N) is 3. The van der Waals surface area contributed by atoms with Crippen molar-refractivity contribution in [3.8, 4) is 5.75 Å². The minimum atomic E-state index is -0.255. The average molecular weight is 450 g/mol. The summed E-state index contributed by atoms with van der Waals surface area (Å²) in [4.78, 5) is 18.6. The van der Waals surface area contributed by atoms with Gasteiger partial charge in [0.25, 0.3) is 5.91 Å². The monoisotopic (exact) mass is 449 g/mol. The number of hydrogen-bond donors (Lipinski definition) is 0. The number of thiophene rings is 1. The Morgan fingerprint density at radius 2 is 1.78 bits per heavy atom. The fraction of sp³-hybridized carbons (Fsp3) is 0.240. The van der Waals surface area contributed by atoms with E-state index < -0.39 is 0 Å². The van der Waals surface area contributed by atoms with Gasteiger partial charge in [-0.15, -0.1) is 11.3 Å². The predicted octanol–water partition coefficient (Wildman–Crippen LogP) is 4.86. The highest BCUT2D eigenvalue weighted by molar-refractivity contribution is 7.16. The number of rotatable bonds is 5. The topological polar surface area (TPSA) is 37.7 Å². The number of fused-ring (bicyclic) bond motifs is 1. The molecule has 7 heteroatoms. The summed E-state index contributed by atoms with van der Waals surface area (Å²) < 4.78 is 21.8. The molecule has 0 radical (unpaired) electrons. The number of hydrogen-bond acceptors (Lipinski definition) is 4. The first-order valence-electron chi connectivity index (χ1n) is 10.6. The molecule has 0 unspecified atom stereocenters. The number of methoxy groups -OCH3 is 1. The Labute approximate surface area is 190 Å². The van der Waals surface area contributed by atoms with Crippen LogP contribution >= 0.6 is 11.3 Å². The van der Waals surface area contributed by atoms with Gasteiger partial charge in [-0.2, -0.15) is 0 Å². The first kappa shape index (κ1) is 20.6. The third-order valence-electron chi connectivity index (χ3n) is 6.00. The van der Waals surface area contributed by atoms with Crippen LogP contribution in [-0.2, 0) is 6.54 Å². The fourth-order valence-electron chi connectivity index (χ4n) is 4.31. The molecule has 1 saturated heterocycles. The van der Waals surface area contributed by atoms with Crippen LogP contribution in [0.15, 0.2) is 66.0 Å². The van der Waals surface area contributed by atoms with Crippen LogP contribution in [0.5, 0.6) is 5.75 Å². The number of carbonyl (C=O) groups is 1. The molecule has 0 saturated carbocycles. The third-order valence-corrected chi connectivity index (χ3v) is 6.95. The van der Waals surface area contributed by atoms with Gasteiger partial charge in [0.2, 0.25) is 0 Å². The van der Waals surface area contributed by atoms with Gasteiger partial charge in [0.1, 0.15) is 22.1 Å². The van der Waals surface area contributed by atoms with Gasteiger partial charge in [-0.05, 0) is 35.7 Å². The van der Waals surface area contributed by atoms with Crippen LogP contribution in [-0.4, -0.2) is 48.7 Å². The first-order valence-corrected chi connectivity index (χ1v) is 11.5. The maximum Gasteiger partial charge on any atom is 0.270 e. The van der Waals surface area contributed by atoms with E-state index in [0.29, 0.717) is 30.9 Å².